The Morgan fingerprint density at radius 2 is 2.32 bits per heavy atom. The van der Waals surface area contributed by atoms with E-state index in [-0.39, 0.29) is 17.8 Å². The minimum atomic E-state index is -0.149. The zero-order chi connectivity index (χ0) is 13.8. The van der Waals surface area contributed by atoms with E-state index < -0.39 is 0 Å². The van der Waals surface area contributed by atoms with Crippen molar-refractivity contribution in [3.63, 3.8) is 0 Å². The molecule has 0 N–H and O–H groups in total. The van der Waals surface area contributed by atoms with Crippen LogP contribution >= 0.6 is 0 Å². The number of nitrogens with zero attached hydrogens (tertiary/aromatic N) is 2. The number of ether oxygens (including phenoxy) is 2. The van der Waals surface area contributed by atoms with E-state index in [0.29, 0.717) is 13.2 Å². The summed E-state index contributed by atoms with van der Waals surface area (Å²) in [4.78, 5) is 18.2. The van der Waals surface area contributed by atoms with E-state index >= 15 is 0 Å². The summed E-state index contributed by atoms with van der Waals surface area (Å²) >= 11 is 0. The predicted octanol–water partition coefficient (Wildman–Crippen LogP) is 1.73. The van der Waals surface area contributed by atoms with Crippen LogP contribution in [-0.2, 0) is 9.53 Å². The third-order valence-corrected chi connectivity index (χ3v) is 3.47. The zero-order valence-corrected chi connectivity index (χ0v) is 11.6. The van der Waals surface area contributed by atoms with Crippen molar-refractivity contribution in [3.05, 3.63) is 18.3 Å². The molecule has 2 atom stereocenters. The second-order valence-corrected chi connectivity index (χ2v) is 4.77. The highest BCUT2D eigenvalue weighted by molar-refractivity contribution is 5.74. The first-order valence-electron chi connectivity index (χ1n) is 6.58. The van der Waals surface area contributed by atoms with Crippen molar-refractivity contribution >= 4 is 11.8 Å². The lowest BCUT2D eigenvalue weighted by molar-refractivity contribution is -0.145. The largest absolute Gasteiger partial charge is 0.490 e. The predicted molar refractivity (Wildman–Crippen MR) is 72.3 cm³/mol. The van der Waals surface area contributed by atoms with Gasteiger partial charge in [0.2, 0.25) is 0 Å². The van der Waals surface area contributed by atoms with Crippen molar-refractivity contribution in [2.75, 3.05) is 31.7 Å². The van der Waals surface area contributed by atoms with E-state index in [2.05, 4.69) is 16.8 Å². The number of carbonyl (C=O) groups excluding carboxylic acids is 1. The maximum Gasteiger partial charge on any atom is 0.310 e. The Morgan fingerprint density at radius 1 is 1.53 bits per heavy atom. The smallest absolute Gasteiger partial charge is 0.310 e. The van der Waals surface area contributed by atoms with Gasteiger partial charge in [-0.25, -0.2) is 4.98 Å². The Kier molecular flexibility index (Phi) is 4.24. The Morgan fingerprint density at radius 3 is 3.00 bits per heavy atom. The summed E-state index contributed by atoms with van der Waals surface area (Å²) in [6.07, 6.45) is 1.74. The molecule has 19 heavy (non-hydrogen) atoms. The summed E-state index contributed by atoms with van der Waals surface area (Å²) in [5.41, 5.74) is 0. The molecule has 1 aromatic heterocycles. The standard InChI is InChI=1S/C14H20N2O3/c1-4-19-12-6-5-7-15-13(12)16-8-10(2)11(9-16)14(17)18-3/h5-7,10-11H,4,8-9H2,1-3H3. The Balaban J connectivity index is 2.18. The molecule has 0 radical (unpaired) electrons. The van der Waals surface area contributed by atoms with Crippen molar-refractivity contribution in [2.24, 2.45) is 11.8 Å². The van der Waals surface area contributed by atoms with Gasteiger partial charge in [-0.2, -0.15) is 0 Å². The highest BCUT2D eigenvalue weighted by atomic mass is 16.5. The summed E-state index contributed by atoms with van der Waals surface area (Å²) in [5, 5.41) is 0. The van der Waals surface area contributed by atoms with Gasteiger partial charge in [0.05, 0.1) is 19.6 Å². The summed E-state index contributed by atoms with van der Waals surface area (Å²) in [7, 11) is 1.43. The van der Waals surface area contributed by atoms with Gasteiger partial charge < -0.3 is 14.4 Å². The molecule has 1 aliphatic heterocycles. The first kappa shape index (κ1) is 13.6. The topological polar surface area (TPSA) is 51.7 Å². The van der Waals surface area contributed by atoms with Crippen LogP contribution in [0.1, 0.15) is 13.8 Å². The molecule has 1 aliphatic rings. The maximum absolute atomic E-state index is 11.7. The monoisotopic (exact) mass is 264 g/mol. The zero-order valence-electron chi connectivity index (χ0n) is 11.6. The van der Waals surface area contributed by atoms with Crippen LogP contribution in [0.25, 0.3) is 0 Å². The molecule has 2 heterocycles. The van der Waals surface area contributed by atoms with E-state index in [9.17, 15) is 4.79 Å². The fourth-order valence-corrected chi connectivity index (χ4v) is 2.49. The molecule has 5 nitrogen and oxygen atoms in total. The number of aromatic nitrogens is 1. The van der Waals surface area contributed by atoms with Crippen molar-refractivity contribution in [2.45, 2.75) is 13.8 Å². The van der Waals surface area contributed by atoms with Crippen LogP contribution < -0.4 is 9.64 Å². The molecule has 1 fully saturated rings. The summed E-state index contributed by atoms with van der Waals surface area (Å²) in [6.45, 7) is 6.02. The molecule has 1 aromatic rings. The molecule has 0 saturated carbocycles. The van der Waals surface area contributed by atoms with Crippen molar-refractivity contribution < 1.29 is 14.3 Å². The SMILES string of the molecule is CCOc1cccnc1N1CC(C)C(C(=O)OC)C1. The molecule has 0 bridgehead atoms. The highest BCUT2D eigenvalue weighted by Crippen LogP contribution is 2.33. The van der Waals surface area contributed by atoms with Gasteiger partial charge in [0.25, 0.3) is 0 Å². The molecule has 0 aromatic carbocycles. The minimum absolute atomic E-state index is 0.0958. The number of methoxy groups -OCH3 is 1. The number of anilines is 1. The van der Waals surface area contributed by atoms with Gasteiger partial charge in [-0.3, -0.25) is 4.79 Å². The number of hydrogen-bond donors (Lipinski definition) is 0. The first-order valence-corrected chi connectivity index (χ1v) is 6.58. The van der Waals surface area contributed by atoms with Crippen LogP contribution in [0.3, 0.4) is 0 Å². The van der Waals surface area contributed by atoms with Gasteiger partial charge in [-0.05, 0) is 25.0 Å². The lowest BCUT2D eigenvalue weighted by Gasteiger charge is -2.20. The van der Waals surface area contributed by atoms with Crippen LogP contribution in [0.5, 0.6) is 5.75 Å². The van der Waals surface area contributed by atoms with Crippen molar-refractivity contribution in [1.29, 1.82) is 0 Å². The first-order chi connectivity index (χ1) is 9.17. The highest BCUT2D eigenvalue weighted by Gasteiger charge is 2.36. The summed E-state index contributed by atoms with van der Waals surface area (Å²) < 4.78 is 10.4. The summed E-state index contributed by atoms with van der Waals surface area (Å²) in [5.74, 6) is 1.58. The van der Waals surface area contributed by atoms with Gasteiger partial charge in [-0.15, -0.1) is 0 Å². The number of carbonyl (C=O) groups is 1. The second kappa shape index (κ2) is 5.91. The van der Waals surface area contributed by atoms with Crippen LogP contribution in [0, 0.1) is 11.8 Å². The van der Waals surface area contributed by atoms with Gasteiger partial charge in [-0.1, -0.05) is 6.92 Å². The molecule has 1 saturated heterocycles. The Labute approximate surface area is 113 Å². The van der Waals surface area contributed by atoms with E-state index in [4.69, 9.17) is 9.47 Å². The average Bonchev–Trinajstić information content (AvgIpc) is 2.81. The van der Waals surface area contributed by atoms with Crippen LogP contribution in [0.2, 0.25) is 0 Å². The number of pyridine rings is 1. The lowest BCUT2D eigenvalue weighted by atomic mass is 9.99. The summed E-state index contributed by atoms with van der Waals surface area (Å²) in [6, 6.07) is 3.76. The minimum Gasteiger partial charge on any atom is -0.490 e. The second-order valence-electron chi connectivity index (χ2n) is 4.77. The maximum atomic E-state index is 11.7. The molecule has 104 valence electrons. The molecule has 5 heteroatoms. The molecule has 0 amide bonds. The number of rotatable bonds is 4. The van der Waals surface area contributed by atoms with Crippen LogP contribution in [-0.4, -0.2) is 37.8 Å². The normalized spacial score (nSPS) is 22.4. The van der Waals surface area contributed by atoms with E-state index in [1.54, 1.807) is 6.20 Å². The molecule has 0 aliphatic carbocycles. The third-order valence-electron chi connectivity index (χ3n) is 3.47. The fraction of sp³-hybridized carbons (Fsp3) is 0.571. The average molecular weight is 264 g/mol. The Hall–Kier alpha value is -1.78. The molecule has 0 spiro atoms. The van der Waals surface area contributed by atoms with Crippen molar-refractivity contribution in [3.8, 4) is 5.75 Å². The van der Waals surface area contributed by atoms with Crippen molar-refractivity contribution in [1.82, 2.24) is 4.98 Å². The van der Waals surface area contributed by atoms with Gasteiger partial charge >= 0.3 is 5.97 Å². The number of esters is 1. The molecule has 2 rings (SSSR count). The number of hydrogen-bond acceptors (Lipinski definition) is 5. The van der Waals surface area contributed by atoms with Gasteiger partial charge in [0.15, 0.2) is 11.6 Å². The van der Waals surface area contributed by atoms with Crippen LogP contribution in [0.15, 0.2) is 18.3 Å². The quantitative estimate of drug-likeness (QED) is 0.775. The Bertz CT molecular complexity index is 450. The van der Waals surface area contributed by atoms with Crippen LogP contribution in [0.4, 0.5) is 5.82 Å². The third kappa shape index (κ3) is 2.80. The fourth-order valence-electron chi connectivity index (χ4n) is 2.49. The molecule has 2 unspecified atom stereocenters. The van der Waals surface area contributed by atoms with E-state index in [0.717, 1.165) is 18.1 Å². The molecular formula is C14H20N2O3. The van der Waals surface area contributed by atoms with E-state index in [1.165, 1.54) is 7.11 Å². The molecular weight excluding hydrogens is 244 g/mol. The van der Waals surface area contributed by atoms with Gasteiger partial charge in [0, 0.05) is 19.3 Å². The van der Waals surface area contributed by atoms with Gasteiger partial charge in [0.1, 0.15) is 0 Å². The lowest BCUT2D eigenvalue weighted by Crippen LogP contribution is -2.25. The van der Waals surface area contributed by atoms with E-state index in [1.807, 2.05) is 19.1 Å².